The Morgan fingerprint density at radius 2 is 2.33 bits per heavy atom. The van der Waals surface area contributed by atoms with Crippen LogP contribution in [-0.4, -0.2) is 43.8 Å². The Morgan fingerprint density at radius 1 is 1.56 bits per heavy atom. The number of ether oxygens (including phenoxy) is 1. The van der Waals surface area contributed by atoms with Crippen molar-refractivity contribution in [2.75, 3.05) is 25.2 Å². The molecule has 0 aliphatic carbocycles. The summed E-state index contributed by atoms with van der Waals surface area (Å²) in [5.41, 5.74) is 5.82. The molecular weight excluding hydrogens is 258 g/mol. The molecule has 2 N–H and O–H groups in total. The van der Waals surface area contributed by atoms with Crippen molar-refractivity contribution in [2.45, 2.75) is 24.8 Å². The minimum atomic E-state index is -3.03. The summed E-state index contributed by atoms with van der Waals surface area (Å²) < 4.78 is 32.4. The Hall–Kier alpha value is -0.990. The molecule has 0 amide bonds. The van der Waals surface area contributed by atoms with Crippen LogP contribution < -0.4 is 5.73 Å². The van der Waals surface area contributed by atoms with Gasteiger partial charge in [0.15, 0.2) is 5.82 Å². The first-order valence-electron chi connectivity index (χ1n) is 5.80. The van der Waals surface area contributed by atoms with Gasteiger partial charge in [-0.25, -0.2) is 8.42 Å². The number of aromatic nitrogens is 2. The molecule has 18 heavy (non-hydrogen) atoms. The Balaban J connectivity index is 1.96. The predicted octanol–water partition coefficient (Wildman–Crippen LogP) is 0.00800. The second-order valence-corrected chi connectivity index (χ2v) is 6.84. The fourth-order valence-corrected chi connectivity index (χ4v) is 2.45. The van der Waals surface area contributed by atoms with Crippen LogP contribution in [0.15, 0.2) is 4.52 Å². The first-order valence-corrected chi connectivity index (χ1v) is 7.86. The van der Waals surface area contributed by atoms with Crippen molar-refractivity contribution in [2.24, 2.45) is 5.73 Å². The van der Waals surface area contributed by atoms with Crippen molar-refractivity contribution in [3.05, 3.63) is 11.7 Å². The molecule has 1 saturated heterocycles. The number of rotatable bonds is 5. The molecule has 1 aromatic rings. The van der Waals surface area contributed by atoms with Crippen molar-refractivity contribution < 1.29 is 17.7 Å². The number of sulfone groups is 1. The molecule has 102 valence electrons. The molecule has 8 heteroatoms. The van der Waals surface area contributed by atoms with Crippen LogP contribution in [-0.2, 0) is 14.6 Å². The van der Waals surface area contributed by atoms with Crippen molar-refractivity contribution in [1.29, 1.82) is 0 Å². The molecule has 1 fully saturated rings. The Kier molecular flexibility index (Phi) is 3.98. The zero-order valence-electron chi connectivity index (χ0n) is 10.2. The van der Waals surface area contributed by atoms with E-state index in [1.807, 2.05) is 0 Å². The lowest BCUT2D eigenvalue weighted by Gasteiger charge is -2.04. The summed E-state index contributed by atoms with van der Waals surface area (Å²) in [6.45, 7) is 1.30. The summed E-state index contributed by atoms with van der Waals surface area (Å²) in [5.74, 6) is 1.06. The highest BCUT2D eigenvalue weighted by molar-refractivity contribution is 7.90. The van der Waals surface area contributed by atoms with Gasteiger partial charge in [0.2, 0.25) is 5.89 Å². The quantitative estimate of drug-likeness (QED) is 0.806. The summed E-state index contributed by atoms with van der Waals surface area (Å²) >= 11 is 0. The van der Waals surface area contributed by atoms with Crippen molar-refractivity contribution in [1.82, 2.24) is 10.1 Å². The molecule has 1 aliphatic rings. The molecule has 2 atom stereocenters. The van der Waals surface area contributed by atoms with Crippen LogP contribution in [0.4, 0.5) is 0 Å². The molecule has 1 aromatic heterocycles. The van der Waals surface area contributed by atoms with Crippen molar-refractivity contribution >= 4 is 9.84 Å². The van der Waals surface area contributed by atoms with Crippen LogP contribution in [0.25, 0.3) is 0 Å². The minimum absolute atomic E-state index is 0.0123. The number of nitrogens with zero attached hydrogens (tertiary/aromatic N) is 2. The molecule has 0 saturated carbocycles. The Morgan fingerprint density at radius 3 is 2.94 bits per heavy atom. The minimum Gasteiger partial charge on any atom is -0.381 e. The number of hydrogen-bond donors (Lipinski definition) is 1. The van der Waals surface area contributed by atoms with Crippen LogP contribution in [0.5, 0.6) is 0 Å². The Labute approximate surface area is 106 Å². The van der Waals surface area contributed by atoms with E-state index in [1.165, 1.54) is 6.26 Å². The normalized spacial score (nSPS) is 22.2. The molecule has 2 heterocycles. The van der Waals surface area contributed by atoms with E-state index in [2.05, 4.69) is 10.1 Å². The molecule has 0 spiro atoms. The summed E-state index contributed by atoms with van der Waals surface area (Å²) in [5, 5.41) is 3.87. The number of nitrogens with two attached hydrogens (primary N) is 1. The third kappa shape index (κ3) is 3.50. The van der Waals surface area contributed by atoms with Crippen LogP contribution in [0.3, 0.4) is 0 Å². The first kappa shape index (κ1) is 13.4. The van der Waals surface area contributed by atoms with Crippen molar-refractivity contribution in [3.63, 3.8) is 0 Å². The van der Waals surface area contributed by atoms with Gasteiger partial charge in [0, 0.05) is 18.8 Å². The average molecular weight is 275 g/mol. The van der Waals surface area contributed by atoms with E-state index in [1.54, 1.807) is 0 Å². The van der Waals surface area contributed by atoms with Gasteiger partial charge in [-0.1, -0.05) is 5.16 Å². The van der Waals surface area contributed by atoms with Gasteiger partial charge < -0.3 is 15.0 Å². The predicted molar refractivity (Wildman–Crippen MR) is 63.7 cm³/mol. The van der Waals surface area contributed by atoms with Crippen LogP contribution in [0.1, 0.15) is 36.5 Å². The monoisotopic (exact) mass is 275 g/mol. The van der Waals surface area contributed by atoms with Crippen LogP contribution in [0.2, 0.25) is 0 Å². The van der Waals surface area contributed by atoms with E-state index in [0.29, 0.717) is 24.9 Å². The number of hydrogen-bond acceptors (Lipinski definition) is 7. The third-order valence-corrected chi connectivity index (χ3v) is 3.85. The maximum Gasteiger partial charge on any atom is 0.243 e. The van der Waals surface area contributed by atoms with Gasteiger partial charge in [0.05, 0.1) is 18.4 Å². The largest absolute Gasteiger partial charge is 0.381 e. The van der Waals surface area contributed by atoms with Gasteiger partial charge in [0.1, 0.15) is 9.84 Å². The van der Waals surface area contributed by atoms with E-state index >= 15 is 0 Å². The maximum atomic E-state index is 11.0. The molecule has 2 rings (SSSR count). The maximum absolute atomic E-state index is 11.0. The molecular formula is C10H17N3O4S. The van der Waals surface area contributed by atoms with E-state index in [4.69, 9.17) is 15.0 Å². The average Bonchev–Trinajstić information content (AvgIpc) is 2.94. The molecule has 1 aliphatic heterocycles. The van der Waals surface area contributed by atoms with Crippen LogP contribution >= 0.6 is 0 Å². The Bertz CT molecular complexity index is 493. The lowest BCUT2D eigenvalue weighted by atomic mass is 10.1. The molecule has 0 aromatic carbocycles. The topological polar surface area (TPSA) is 108 Å². The lowest BCUT2D eigenvalue weighted by molar-refractivity contribution is 0.192. The summed E-state index contributed by atoms with van der Waals surface area (Å²) in [4.78, 5) is 4.22. The second kappa shape index (κ2) is 5.33. The first-order chi connectivity index (χ1) is 8.46. The van der Waals surface area contributed by atoms with Gasteiger partial charge in [-0.2, -0.15) is 4.98 Å². The zero-order valence-corrected chi connectivity index (χ0v) is 11.0. The van der Waals surface area contributed by atoms with E-state index in [-0.39, 0.29) is 18.1 Å². The van der Waals surface area contributed by atoms with Gasteiger partial charge in [-0.3, -0.25) is 0 Å². The fraction of sp³-hybridized carbons (Fsp3) is 0.800. The van der Waals surface area contributed by atoms with Crippen molar-refractivity contribution in [3.8, 4) is 0 Å². The lowest BCUT2D eigenvalue weighted by Crippen LogP contribution is -2.16. The molecule has 0 bridgehead atoms. The fourth-order valence-electron chi connectivity index (χ4n) is 1.77. The highest BCUT2D eigenvalue weighted by Crippen LogP contribution is 2.24. The smallest absolute Gasteiger partial charge is 0.243 e. The molecule has 7 nitrogen and oxygen atoms in total. The highest BCUT2D eigenvalue weighted by atomic mass is 32.2. The molecule has 2 unspecified atom stereocenters. The van der Waals surface area contributed by atoms with E-state index in [9.17, 15) is 8.42 Å². The second-order valence-electron chi connectivity index (χ2n) is 4.58. The highest BCUT2D eigenvalue weighted by Gasteiger charge is 2.25. The standard InChI is InChI=1S/C10H17N3O4S/c1-18(14,15)5-3-8(11)10-12-9(13-17-10)7-2-4-16-6-7/h7-8H,2-6,11H2,1H3. The van der Waals surface area contributed by atoms with Crippen LogP contribution in [0, 0.1) is 0 Å². The third-order valence-electron chi connectivity index (χ3n) is 2.87. The SMILES string of the molecule is CS(=O)(=O)CCC(N)c1nc(C2CCOC2)no1. The van der Waals surface area contributed by atoms with E-state index < -0.39 is 15.9 Å². The van der Waals surface area contributed by atoms with Gasteiger partial charge in [0.25, 0.3) is 0 Å². The van der Waals surface area contributed by atoms with Gasteiger partial charge in [-0.05, 0) is 12.8 Å². The summed E-state index contributed by atoms with van der Waals surface area (Å²) in [7, 11) is -3.03. The summed E-state index contributed by atoms with van der Waals surface area (Å²) in [6.07, 6.45) is 2.33. The van der Waals surface area contributed by atoms with Gasteiger partial charge in [-0.15, -0.1) is 0 Å². The molecule has 0 radical (unpaired) electrons. The van der Waals surface area contributed by atoms with Gasteiger partial charge >= 0.3 is 0 Å². The zero-order chi connectivity index (χ0) is 13.2. The summed E-state index contributed by atoms with van der Waals surface area (Å²) in [6, 6.07) is -0.539. The van der Waals surface area contributed by atoms with E-state index in [0.717, 1.165) is 6.42 Å².